The third kappa shape index (κ3) is 1.85. The normalized spacial score (nSPS) is 20.9. The van der Waals surface area contributed by atoms with Crippen LogP contribution in [0.15, 0.2) is 17.0 Å². The van der Waals surface area contributed by atoms with Crippen molar-refractivity contribution in [3.63, 3.8) is 0 Å². The molecule has 0 saturated carbocycles. The van der Waals surface area contributed by atoms with E-state index in [0.29, 0.717) is 11.6 Å². The Morgan fingerprint density at radius 2 is 2.07 bits per heavy atom. The molecular weight excluding hydrogens is 204 g/mol. The summed E-state index contributed by atoms with van der Waals surface area (Å²) in [6.45, 7) is 2.92. The Hall–Kier alpha value is -0.770. The molecule has 1 aromatic carbocycles. The van der Waals surface area contributed by atoms with Gasteiger partial charge in [-0.05, 0) is 12.0 Å². The van der Waals surface area contributed by atoms with Gasteiger partial charge in [-0.1, -0.05) is 6.92 Å². The van der Waals surface area contributed by atoms with Gasteiger partial charge < -0.3 is 5.32 Å². The van der Waals surface area contributed by atoms with Crippen LogP contribution in [0.25, 0.3) is 0 Å². The lowest BCUT2D eigenvalue weighted by Gasteiger charge is -2.07. The number of nitrogens with one attached hydrogen (secondary N) is 1. The minimum absolute atomic E-state index is 0.513. The highest BCUT2D eigenvalue weighted by Gasteiger charge is 2.15. The van der Waals surface area contributed by atoms with E-state index in [1.54, 1.807) is 11.8 Å². The zero-order chi connectivity index (χ0) is 10.1. The lowest BCUT2D eigenvalue weighted by molar-refractivity contribution is 0.506. The summed E-state index contributed by atoms with van der Waals surface area (Å²) in [5, 5.41) is 3.12. The number of halogens is 2. The van der Waals surface area contributed by atoms with Gasteiger partial charge in [-0.15, -0.1) is 11.8 Å². The first kappa shape index (κ1) is 9.77. The minimum atomic E-state index is -0.786. The Balaban J connectivity index is 2.36. The van der Waals surface area contributed by atoms with Gasteiger partial charge in [-0.25, -0.2) is 8.78 Å². The third-order valence-corrected chi connectivity index (χ3v) is 3.57. The average Bonchev–Trinajstić information content (AvgIpc) is 2.31. The number of hydrogen-bond acceptors (Lipinski definition) is 2. The highest BCUT2D eigenvalue weighted by Crippen LogP contribution is 2.33. The molecule has 1 aliphatic heterocycles. The molecule has 1 unspecified atom stereocenters. The van der Waals surface area contributed by atoms with Gasteiger partial charge in [-0.3, -0.25) is 0 Å². The third-order valence-electron chi connectivity index (χ3n) is 2.19. The van der Waals surface area contributed by atoms with E-state index in [1.807, 2.05) is 0 Å². The second-order valence-corrected chi connectivity index (χ2v) is 4.62. The van der Waals surface area contributed by atoms with Crippen molar-refractivity contribution in [2.75, 3.05) is 17.6 Å². The summed E-state index contributed by atoms with van der Waals surface area (Å²) < 4.78 is 25.8. The van der Waals surface area contributed by atoms with E-state index in [4.69, 9.17) is 0 Å². The van der Waals surface area contributed by atoms with Crippen LogP contribution in [0, 0.1) is 17.6 Å². The molecule has 1 N–H and O–H groups in total. The first-order chi connectivity index (χ1) is 6.66. The standard InChI is InChI=1S/C10H11F2NS/c1-6-4-13-9-2-7(11)8(12)3-10(9)14-5-6/h2-3,6,13H,4-5H2,1H3. The zero-order valence-electron chi connectivity index (χ0n) is 7.81. The molecular formula is C10H11F2NS. The molecule has 0 bridgehead atoms. The number of thioether (sulfide) groups is 1. The van der Waals surface area contributed by atoms with Gasteiger partial charge in [0.05, 0.1) is 5.69 Å². The van der Waals surface area contributed by atoms with Crippen molar-refractivity contribution in [3.8, 4) is 0 Å². The predicted octanol–water partition coefficient (Wildman–Crippen LogP) is 3.12. The van der Waals surface area contributed by atoms with Gasteiger partial charge in [0.25, 0.3) is 0 Å². The van der Waals surface area contributed by atoms with Gasteiger partial charge in [0.1, 0.15) is 0 Å². The Morgan fingerprint density at radius 3 is 2.86 bits per heavy atom. The maximum absolute atomic E-state index is 12.9. The lowest BCUT2D eigenvalue weighted by atomic mass is 10.2. The highest BCUT2D eigenvalue weighted by atomic mass is 32.2. The molecule has 2 rings (SSSR count). The van der Waals surface area contributed by atoms with Crippen molar-refractivity contribution < 1.29 is 8.78 Å². The maximum atomic E-state index is 12.9. The second kappa shape index (κ2) is 3.77. The molecule has 0 radical (unpaired) electrons. The molecule has 0 saturated heterocycles. The van der Waals surface area contributed by atoms with Gasteiger partial charge >= 0.3 is 0 Å². The van der Waals surface area contributed by atoms with Crippen LogP contribution in [0.3, 0.4) is 0 Å². The van der Waals surface area contributed by atoms with Crippen LogP contribution in [0.2, 0.25) is 0 Å². The first-order valence-corrected chi connectivity index (χ1v) is 5.51. The summed E-state index contributed by atoms with van der Waals surface area (Å²) >= 11 is 1.57. The number of rotatable bonds is 0. The van der Waals surface area contributed by atoms with E-state index < -0.39 is 11.6 Å². The molecule has 0 fully saturated rings. The quantitative estimate of drug-likeness (QED) is 0.713. The zero-order valence-corrected chi connectivity index (χ0v) is 8.63. The van der Waals surface area contributed by atoms with Gasteiger partial charge in [-0.2, -0.15) is 0 Å². The molecule has 1 nitrogen and oxygen atoms in total. The Labute approximate surface area is 85.9 Å². The fraction of sp³-hybridized carbons (Fsp3) is 0.400. The number of anilines is 1. The van der Waals surface area contributed by atoms with Crippen LogP contribution in [-0.4, -0.2) is 12.3 Å². The summed E-state index contributed by atoms with van der Waals surface area (Å²) in [7, 11) is 0. The van der Waals surface area contributed by atoms with Gasteiger partial charge in [0.15, 0.2) is 11.6 Å². The smallest absolute Gasteiger partial charge is 0.160 e. The van der Waals surface area contributed by atoms with Crippen LogP contribution in [0.1, 0.15) is 6.92 Å². The highest BCUT2D eigenvalue weighted by molar-refractivity contribution is 7.99. The van der Waals surface area contributed by atoms with E-state index in [0.717, 1.165) is 17.2 Å². The summed E-state index contributed by atoms with van der Waals surface area (Å²) in [4.78, 5) is 0.799. The van der Waals surface area contributed by atoms with Crippen molar-refractivity contribution >= 4 is 17.4 Å². The molecule has 0 aliphatic carbocycles. The summed E-state index contributed by atoms with van der Waals surface area (Å²) in [6, 6.07) is 2.50. The molecule has 1 aromatic rings. The number of benzene rings is 1. The molecule has 1 aliphatic rings. The molecule has 0 spiro atoms. The first-order valence-electron chi connectivity index (χ1n) is 4.52. The molecule has 1 atom stereocenters. The van der Waals surface area contributed by atoms with Gasteiger partial charge in [0, 0.05) is 23.3 Å². The number of hydrogen-bond donors (Lipinski definition) is 1. The van der Waals surface area contributed by atoms with E-state index in [-0.39, 0.29) is 0 Å². The summed E-state index contributed by atoms with van der Waals surface area (Å²) in [6.07, 6.45) is 0. The fourth-order valence-electron chi connectivity index (χ4n) is 1.36. The molecule has 4 heteroatoms. The monoisotopic (exact) mass is 215 g/mol. The largest absolute Gasteiger partial charge is 0.384 e. The van der Waals surface area contributed by atoms with E-state index >= 15 is 0 Å². The molecule has 1 heterocycles. The fourth-order valence-corrected chi connectivity index (χ4v) is 2.42. The topological polar surface area (TPSA) is 12.0 Å². The molecule has 0 aromatic heterocycles. The van der Waals surface area contributed by atoms with Crippen LogP contribution in [0.5, 0.6) is 0 Å². The summed E-state index contributed by atoms with van der Waals surface area (Å²) in [5.74, 6) is -0.108. The lowest BCUT2D eigenvalue weighted by Crippen LogP contribution is -2.10. The predicted molar refractivity (Wildman–Crippen MR) is 54.7 cm³/mol. The minimum Gasteiger partial charge on any atom is -0.384 e. The maximum Gasteiger partial charge on any atom is 0.160 e. The van der Waals surface area contributed by atoms with E-state index in [1.165, 1.54) is 12.1 Å². The van der Waals surface area contributed by atoms with Crippen molar-refractivity contribution in [3.05, 3.63) is 23.8 Å². The molecule has 0 amide bonds. The van der Waals surface area contributed by atoms with Crippen LogP contribution in [0.4, 0.5) is 14.5 Å². The second-order valence-electron chi connectivity index (χ2n) is 3.56. The van der Waals surface area contributed by atoms with E-state index in [2.05, 4.69) is 12.2 Å². The molecule has 14 heavy (non-hydrogen) atoms. The summed E-state index contributed by atoms with van der Waals surface area (Å²) in [5.41, 5.74) is 0.707. The average molecular weight is 215 g/mol. The van der Waals surface area contributed by atoms with Crippen molar-refractivity contribution in [2.45, 2.75) is 11.8 Å². The SMILES string of the molecule is CC1CNc2cc(F)c(F)cc2SC1. The van der Waals surface area contributed by atoms with Crippen LogP contribution < -0.4 is 5.32 Å². The Bertz CT molecular complexity index is 321. The van der Waals surface area contributed by atoms with Gasteiger partial charge in [0.2, 0.25) is 0 Å². The Morgan fingerprint density at radius 1 is 1.36 bits per heavy atom. The van der Waals surface area contributed by atoms with E-state index in [9.17, 15) is 8.78 Å². The van der Waals surface area contributed by atoms with Crippen molar-refractivity contribution in [2.24, 2.45) is 5.92 Å². The van der Waals surface area contributed by atoms with Crippen LogP contribution >= 0.6 is 11.8 Å². The number of fused-ring (bicyclic) bond motifs is 1. The van der Waals surface area contributed by atoms with Crippen molar-refractivity contribution in [1.29, 1.82) is 0 Å². The Kier molecular flexibility index (Phi) is 2.63. The molecule has 76 valence electrons. The van der Waals surface area contributed by atoms with Crippen molar-refractivity contribution in [1.82, 2.24) is 0 Å². The van der Waals surface area contributed by atoms with Crippen LogP contribution in [-0.2, 0) is 0 Å².